The summed E-state index contributed by atoms with van der Waals surface area (Å²) < 4.78 is 1.50. The fraction of sp³-hybridized carbons (Fsp3) is 0.0526. The summed E-state index contributed by atoms with van der Waals surface area (Å²) in [5, 5.41) is 24.9. The number of Topliss-reactive ketones (excluding diaryl/α,β-unsaturated/α-hetero) is 1. The highest BCUT2D eigenvalue weighted by atomic mass is 16.6. The van der Waals surface area contributed by atoms with Gasteiger partial charge in [-0.05, 0) is 37.3 Å². The van der Waals surface area contributed by atoms with Crippen molar-refractivity contribution in [2.24, 2.45) is 0 Å². The lowest BCUT2D eigenvalue weighted by molar-refractivity contribution is -0.385. The Morgan fingerprint density at radius 2 is 1.48 bits per heavy atom. The number of ketones is 1. The minimum absolute atomic E-state index is 0.000000000000000222. The smallest absolute Gasteiger partial charge is 0.269 e. The van der Waals surface area contributed by atoms with Gasteiger partial charge in [-0.2, -0.15) is 9.50 Å². The minimum Gasteiger partial charge on any atom is -0.366 e. The number of carbonyl (C=O) groups is 1. The lowest BCUT2D eigenvalue weighted by Gasteiger charge is -2.02. The molecule has 0 radical (unpaired) electrons. The summed E-state index contributed by atoms with van der Waals surface area (Å²) in [4.78, 5) is 38.6. The molecule has 156 valence electrons. The van der Waals surface area contributed by atoms with E-state index in [0.29, 0.717) is 17.0 Å². The van der Waals surface area contributed by atoms with E-state index in [0.717, 1.165) is 5.56 Å². The third kappa shape index (κ3) is 4.82. The van der Waals surface area contributed by atoms with Gasteiger partial charge in [0.2, 0.25) is 5.95 Å². The molecule has 12 heteroatoms. The number of hydrogen-bond donors (Lipinski definition) is 1. The molecule has 0 unspecified atom stereocenters. The third-order valence-electron chi connectivity index (χ3n) is 4.12. The molecule has 0 saturated carbocycles. The molecule has 0 spiro atoms. The topological polar surface area (TPSA) is 172 Å². The number of fused-ring (bicyclic) bond motifs is 1. The van der Waals surface area contributed by atoms with Crippen LogP contribution in [0.4, 0.5) is 17.3 Å². The Morgan fingerprint density at radius 3 is 2.00 bits per heavy atom. The Morgan fingerprint density at radius 1 is 0.935 bits per heavy atom. The number of carbonyl (C=O) groups excluding carboxylic acids is 1. The molecule has 2 aromatic carbocycles. The van der Waals surface area contributed by atoms with Crippen molar-refractivity contribution in [3.05, 3.63) is 86.6 Å². The first-order valence-electron chi connectivity index (χ1n) is 8.73. The van der Waals surface area contributed by atoms with Gasteiger partial charge in [-0.15, -0.1) is 5.10 Å². The largest absolute Gasteiger partial charge is 0.366 e. The summed E-state index contributed by atoms with van der Waals surface area (Å²) in [5.41, 5.74) is 7.53. The molecule has 0 amide bonds. The molecule has 0 atom stereocenters. The van der Waals surface area contributed by atoms with Crippen LogP contribution in [0.1, 0.15) is 17.3 Å². The van der Waals surface area contributed by atoms with Gasteiger partial charge < -0.3 is 5.73 Å². The minimum atomic E-state index is -0.496. The first kappa shape index (κ1) is 21.0. The molecule has 4 rings (SSSR count). The number of rotatable bonds is 4. The summed E-state index contributed by atoms with van der Waals surface area (Å²) in [6.07, 6.45) is 1.58. The zero-order chi connectivity index (χ0) is 22.5. The number of nitrogens with two attached hydrogens (primary N) is 1. The second-order valence-electron chi connectivity index (χ2n) is 6.18. The number of aromatic nitrogens is 4. The molecule has 0 aliphatic carbocycles. The molecular weight excluding hydrogens is 406 g/mol. The van der Waals surface area contributed by atoms with E-state index in [-0.39, 0.29) is 23.1 Å². The lowest BCUT2D eigenvalue weighted by atomic mass is 10.1. The van der Waals surface area contributed by atoms with Gasteiger partial charge in [0.1, 0.15) is 0 Å². The summed E-state index contributed by atoms with van der Waals surface area (Å²) in [6, 6.07) is 13.4. The van der Waals surface area contributed by atoms with Crippen LogP contribution in [0.15, 0.2) is 60.8 Å². The Labute approximate surface area is 174 Å². The highest BCUT2D eigenvalue weighted by Gasteiger charge is 2.10. The monoisotopic (exact) mass is 421 g/mol. The fourth-order valence-corrected chi connectivity index (χ4v) is 2.60. The van der Waals surface area contributed by atoms with E-state index in [1.54, 1.807) is 24.4 Å². The molecule has 0 aliphatic heterocycles. The number of anilines is 1. The zero-order valence-electron chi connectivity index (χ0n) is 16.1. The van der Waals surface area contributed by atoms with Crippen LogP contribution in [-0.4, -0.2) is 35.2 Å². The Bertz CT molecular complexity index is 1230. The van der Waals surface area contributed by atoms with E-state index in [1.165, 1.54) is 47.8 Å². The van der Waals surface area contributed by atoms with Gasteiger partial charge in [0.15, 0.2) is 5.78 Å². The van der Waals surface area contributed by atoms with Crippen LogP contribution < -0.4 is 5.73 Å². The van der Waals surface area contributed by atoms with Crippen LogP contribution in [-0.2, 0) is 0 Å². The van der Waals surface area contributed by atoms with E-state index >= 15 is 0 Å². The molecule has 4 aromatic rings. The summed E-state index contributed by atoms with van der Waals surface area (Å²) in [5.74, 6) is 0.417. The number of nitrogens with zero attached hydrogens (tertiary/aromatic N) is 6. The molecule has 31 heavy (non-hydrogen) atoms. The predicted molar refractivity (Wildman–Crippen MR) is 110 cm³/mol. The van der Waals surface area contributed by atoms with Gasteiger partial charge >= 0.3 is 0 Å². The van der Waals surface area contributed by atoms with E-state index < -0.39 is 9.85 Å². The normalized spacial score (nSPS) is 10.2. The van der Waals surface area contributed by atoms with Gasteiger partial charge in [0.05, 0.1) is 15.5 Å². The SMILES string of the molecule is CC(=O)c1ccc([N+](=O)[O-])cc1.Nc1nc2nccc(-c3ccc([N+](=O)[O-])cc3)n2n1. The van der Waals surface area contributed by atoms with E-state index in [9.17, 15) is 25.0 Å². The molecule has 0 bridgehead atoms. The number of hydrogen-bond acceptors (Lipinski definition) is 9. The van der Waals surface area contributed by atoms with Crippen molar-refractivity contribution < 1.29 is 14.6 Å². The fourth-order valence-electron chi connectivity index (χ4n) is 2.60. The van der Waals surface area contributed by atoms with Crippen molar-refractivity contribution in [2.75, 3.05) is 5.73 Å². The molecular formula is C19H15N7O5. The van der Waals surface area contributed by atoms with Crippen LogP contribution >= 0.6 is 0 Å². The molecule has 0 fully saturated rings. The predicted octanol–water partition coefficient (Wildman–Crippen LogP) is 3.08. The highest BCUT2D eigenvalue weighted by molar-refractivity contribution is 5.94. The summed E-state index contributed by atoms with van der Waals surface area (Å²) in [7, 11) is 0. The molecule has 0 aliphatic rings. The number of nitro benzene ring substituents is 2. The van der Waals surface area contributed by atoms with Crippen LogP contribution in [0.3, 0.4) is 0 Å². The first-order chi connectivity index (χ1) is 14.8. The molecule has 12 nitrogen and oxygen atoms in total. The van der Waals surface area contributed by atoms with Crippen LogP contribution in [0, 0.1) is 20.2 Å². The van der Waals surface area contributed by atoms with Crippen molar-refractivity contribution >= 4 is 28.9 Å². The van der Waals surface area contributed by atoms with Crippen molar-refractivity contribution in [1.29, 1.82) is 0 Å². The Balaban J connectivity index is 0.000000196. The standard InChI is InChI=1S/C11H8N6O2.C8H7NO3/c12-10-14-11-13-6-5-9(16(11)15-10)7-1-3-8(4-2-7)17(18)19;1-6(10)7-2-4-8(5-3-7)9(11)12/h1-6H,(H2,12,15);2-5H,1H3. The number of benzene rings is 2. The van der Waals surface area contributed by atoms with Crippen LogP contribution in [0.5, 0.6) is 0 Å². The highest BCUT2D eigenvalue weighted by Crippen LogP contribution is 2.22. The quantitative estimate of drug-likeness (QED) is 0.295. The van der Waals surface area contributed by atoms with Gasteiger partial charge in [-0.25, -0.2) is 4.98 Å². The molecule has 2 N–H and O–H groups in total. The maximum absolute atomic E-state index is 10.8. The van der Waals surface area contributed by atoms with Gasteiger partial charge in [-0.1, -0.05) is 0 Å². The van der Waals surface area contributed by atoms with Crippen molar-refractivity contribution in [2.45, 2.75) is 6.92 Å². The molecule has 2 aromatic heterocycles. The second kappa shape index (κ2) is 8.73. The Kier molecular flexibility index (Phi) is 5.91. The molecule has 0 saturated heterocycles. The number of non-ortho nitro benzene ring substituents is 2. The van der Waals surface area contributed by atoms with Crippen LogP contribution in [0.2, 0.25) is 0 Å². The number of nitrogen functional groups attached to an aromatic ring is 1. The van der Waals surface area contributed by atoms with Gasteiger partial charge in [0, 0.05) is 41.6 Å². The third-order valence-corrected chi connectivity index (χ3v) is 4.12. The van der Waals surface area contributed by atoms with E-state index in [4.69, 9.17) is 5.73 Å². The summed E-state index contributed by atoms with van der Waals surface area (Å²) in [6.45, 7) is 1.42. The first-order valence-corrected chi connectivity index (χ1v) is 8.73. The maximum Gasteiger partial charge on any atom is 0.269 e. The van der Waals surface area contributed by atoms with E-state index in [2.05, 4.69) is 15.1 Å². The lowest BCUT2D eigenvalue weighted by Crippen LogP contribution is -1.96. The van der Waals surface area contributed by atoms with Crippen molar-refractivity contribution in [3.63, 3.8) is 0 Å². The number of nitro groups is 2. The van der Waals surface area contributed by atoms with Gasteiger partial charge in [0.25, 0.3) is 17.2 Å². The van der Waals surface area contributed by atoms with E-state index in [1.807, 2.05) is 0 Å². The average molecular weight is 421 g/mol. The second-order valence-corrected chi connectivity index (χ2v) is 6.18. The Hall–Kier alpha value is -4.74. The van der Waals surface area contributed by atoms with Crippen LogP contribution in [0.25, 0.3) is 17.0 Å². The average Bonchev–Trinajstić information content (AvgIpc) is 3.14. The van der Waals surface area contributed by atoms with Crippen molar-refractivity contribution in [1.82, 2.24) is 19.6 Å². The zero-order valence-corrected chi connectivity index (χ0v) is 16.1. The van der Waals surface area contributed by atoms with Crippen molar-refractivity contribution in [3.8, 4) is 11.3 Å². The van der Waals surface area contributed by atoms with Gasteiger partial charge in [-0.3, -0.25) is 25.0 Å². The summed E-state index contributed by atoms with van der Waals surface area (Å²) >= 11 is 0. The molecule has 2 heterocycles. The maximum atomic E-state index is 10.8.